The monoisotopic (exact) mass is 397 g/mol. The molecule has 0 bridgehead atoms. The van der Waals surface area contributed by atoms with E-state index in [1.54, 1.807) is 23.5 Å². The Morgan fingerprint density at radius 2 is 2.21 bits per heavy atom. The van der Waals surface area contributed by atoms with Crippen LogP contribution in [-0.2, 0) is 11.3 Å². The molecule has 2 aromatic carbocycles. The highest BCUT2D eigenvalue weighted by Gasteiger charge is 2.27. The standard InChI is InChI=1S/C21H23N3O3S/c1-27-18-9-8-14(11-17(18)25)12-22-20(26)15-5-4-10-24(13-15)21-23-16-6-2-3-7-19(16)28-21/h2-3,6-9,11,15,25H,4-5,10,12-13H2,1H3,(H,22,26)/t15-/m0/s1. The van der Waals surface area contributed by atoms with E-state index in [0.717, 1.165) is 35.6 Å². The van der Waals surface area contributed by atoms with Gasteiger partial charge in [0.2, 0.25) is 5.91 Å². The number of thiazole rings is 1. The molecule has 0 saturated carbocycles. The molecule has 1 aromatic heterocycles. The van der Waals surface area contributed by atoms with E-state index in [-0.39, 0.29) is 17.6 Å². The molecular weight excluding hydrogens is 374 g/mol. The van der Waals surface area contributed by atoms with Crippen LogP contribution in [0.1, 0.15) is 18.4 Å². The third-order valence-corrected chi connectivity index (χ3v) is 6.15. The number of fused-ring (bicyclic) bond motifs is 1. The molecule has 6 nitrogen and oxygen atoms in total. The predicted octanol–water partition coefficient (Wildman–Crippen LogP) is 3.54. The molecule has 1 fully saturated rings. The van der Waals surface area contributed by atoms with E-state index >= 15 is 0 Å². The zero-order valence-corrected chi connectivity index (χ0v) is 16.5. The first-order valence-corrected chi connectivity index (χ1v) is 10.2. The Bertz CT molecular complexity index is 955. The molecule has 3 aromatic rings. The molecule has 146 valence electrons. The minimum absolute atomic E-state index is 0.0427. The minimum atomic E-state index is -0.0624. The van der Waals surface area contributed by atoms with Crippen LogP contribution in [-0.4, -0.2) is 36.2 Å². The van der Waals surface area contributed by atoms with Gasteiger partial charge in [-0.15, -0.1) is 0 Å². The van der Waals surface area contributed by atoms with Crippen molar-refractivity contribution < 1.29 is 14.6 Å². The fourth-order valence-electron chi connectivity index (χ4n) is 3.54. The molecule has 0 aliphatic carbocycles. The number of benzene rings is 2. The van der Waals surface area contributed by atoms with Crippen LogP contribution >= 0.6 is 11.3 Å². The lowest BCUT2D eigenvalue weighted by atomic mass is 9.97. The second kappa shape index (κ2) is 8.06. The summed E-state index contributed by atoms with van der Waals surface area (Å²) in [7, 11) is 1.51. The van der Waals surface area contributed by atoms with Gasteiger partial charge in [-0.2, -0.15) is 0 Å². The van der Waals surface area contributed by atoms with Crippen molar-refractivity contribution in [1.82, 2.24) is 10.3 Å². The van der Waals surface area contributed by atoms with Gasteiger partial charge in [0.15, 0.2) is 16.6 Å². The summed E-state index contributed by atoms with van der Waals surface area (Å²) in [6, 6.07) is 13.3. The molecule has 2 N–H and O–H groups in total. The minimum Gasteiger partial charge on any atom is -0.504 e. The summed E-state index contributed by atoms with van der Waals surface area (Å²) >= 11 is 1.68. The lowest BCUT2D eigenvalue weighted by molar-refractivity contribution is -0.125. The number of rotatable bonds is 5. The topological polar surface area (TPSA) is 74.7 Å². The fraction of sp³-hybridized carbons (Fsp3) is 0.333. The number of carbonyl (C=O) groups is 1. The van der Waals surface area contributed by atoms with Gasteiger partial charge < -0.3 is 20.1 Å². The number of hydrogen-bond donors (Lipinski definition) is 2. The SMILES string of the molecule is COc1ccc(CNC(=O)[C@H]2CCCN(c3nc4ccccc4s3)C2)cc1O. The van der Waals surface area contributed by atoms with Gasteiger partial charge >= 0.3 is 0 Å². The first kappa shape index (κ1) is 18.6. The molecule has 0 spiro atoms. The van der Waals surface area contributed by atoms with Gasteiger partial charge in [0.1, 0.15) is 0 Å². The van der Waals surface area contributed by atoms with E-state index in [4.69, 9.17) is 9.72 Å². The number of phenols is 1. The molecule has 0 radical (unpaired) electrons. The molecule has 7 heteroatoms. The summed E-state index contributed by atoms with van der Waals surface area (Å²) in [4.78, 5) is 19.6. The number of para-hydroxylation sites is 1. The highest BCUT2D eigenvalue weighted by atomic mass is 32.1. The van der Waals surface area contributed by atoms with Crippen molar-refractivity contribution >= 4 is 32.6 Å². The molecule has 4 rings (SSSR count). The first-order chi connectivity index (χ1) is 13.6. The number of methoxy groups -OCH3 is 1. The van der Waals surface area contributed by atoms with Gasteiger partial charge in [-0.3, -0.25) is 4.79 Å². The highest BCUT2D eigenvalue weighted by molar-refractivity contribution is 7.22. The van der Waals surface area contributed by atoms with Gasteiger partial charge in [-0.05, 0) is 42.7 Å². The lowest BCUT2D eigenvalue weighted by Crippen LogP contribution is -2.42. The van der Waals surface area contributed by atoms with Crippen molar-refractivity contribution in [3.8, 4) is 11.5 Å². The largest absolute Gasteiger partial charge is 0.504 e. The number of carbonyl (C=O) groups excluding carboxylic acids is 1. The molecule has 28 heavy (non-hydrogen) atoms. The Hall–Kier alpha value is -2.80. The van der Waals surface area contributed by atoms with E-state index in [9.17, 15) is 9.90 Å². The average Bonchev–Trinajstić information content (AvgIpc) is 3.16. The lowest BCUT2D eigenvalue weighted by Gasteiger charge is -2.31. The van der Waals surface area contributed by atoms with Crippen LogP contribution in [0.25, 0.3) is 10.2 Å². The van der Waals surface area contributed by atoms with Gasteiger partial charge in [0, 0.05) is 19.6 Å². The number of hydrogen-bond acceptors (Lipinski definition) is 6. The van der Waals surface area contributed by atoms with Crippen LogP contribution in [0.4, 0.5) is 5.13 Å². The molecule has 1 aliphatic heterocycles. The zero-order valence-electron chi connectivity index (χ0n) is 15.7. The number of aromatic nitrogens is 1. The van der Waals surface area contributed by atoms with E-state index < -0.39 is 0 Å². The molecule has 1 amide bonds. The molecule has 2 heterocycles. The van der Waals surface area contributed by atoms with Crippen molar-refractivity contribution in [2.24, 2.45) is 5.92 Å². The smallest absolute Gasteiger partial charge is 0.225 e. The number of aromatic hydroxyl groups is 1. The highest BCUT2D eigenvalue weighted by Crippen LogP contribution is 2.31. The van der Waals surface area contributed by atoms with Crippen LogP contribution in [0.5, 0.6) is 11.5 Å². The molecule has 0 unspecified atom stereocenters. The normalized spacial score (nSPS) is 16.9. The summed E-state index contributed by atoms with van der Waals surface area (Å²) in [5.74, 6) is 0.483. The molecule has 1 saturated heterocycles. The van der Waals surface area contributed by atoms with Gasteiger partial charge in [-0.1, -0.05) is 29.5 Å². The van der Waals surface area contributed by atoms with E-state index in [1.165, 1.54) is 11.8 Å². The summed E-state index contributed by atoms with van der Waals surface area (Å²) < 4.78 is 6.22. The maximum absolute atomic E-state index is 12.7. The maximum atomic E-state index is 12.7. The first-order valence-electron chi connectivity index (χ1n) is 9.38. The summed E-state index contributed by atoms with van der Waals surface area (Å²) in [5, 5.41) is 13.9. The van der Waals surface area contributed by atoms with Crippen LogP contribution < -0.4 is 15.0 Å². The number of phenolic OH excluding ortho intramolecular Hbond substituents is 1. The van der Waals surface area contributed by atoms with Crippen molar-refractivity contribution in [3.05, 3.63) is 48.0 Å². The Morgan fingerprint density at radius 1 is 1.36 bits per heavy atom. The number of nitrogens with zero attached hydrogens (tertiary/aromatic N) is 2. The number of anilines is 1. The van der Waals surface area contributed by atoms with Crippen LogP contribution in [0.3, 0.4) is 0 Å². The average molecular weight is 398 g/mol. The second-order valence-electron chi connectivity index (χ2n) is 6.97. The van der Waals surface area contributed by atoms with Crippen molar-refractivity contribution in [2.75, 3.05) is 25.1 Å². The third kappa shape index (κ3) is 3.89. The predicted molar refractivity (Wildman–Crippen MR) is 111 cm³/mol. The van der Waals surface area contributed by atoms with Gasteiger partial charge in [-0.25, -0.2) is 4.98 Å². The number of ether oxygens (including phenoxy) is 1. The van der Waals surface area contributed by atoms with Crippen molar-refractivity contribution in [3.63, 3.8) is 0 Å². The Kier molecular flexibility index (Phi) is 5.34. The number of amides is 1. The van der Waals surface area contributed by atoms with Crippen molar-refractivity contribution in [2.45, 2.75) is 19.4 Å². The Labute approximate surface area is 167 Å². The zero-order chi connectivity index (χ0) is 19.5. The van der Waals surface area contributed by atoms with Gasteiger partial charge in [0.05, 0.1) is 23.2 Å². The van der Waals surface area contributed by atoms with E-state index in [0.29, 0.717) is 18.8 Å². The quantitative estimate of drug-likeness (QED) is 0.689. The van der Waals surface area contributed by atoms with E-state index in [2.05, 4.69) is 16.3 Å². The van der Waals surface area contributed by atoms with Crippen LogP contribution in [0, 0.1) is 5.92 Å². The van der Waals surface area contributed by atoms with Crippen LogP contribution in [0.15, 0.2) is 42.5 Å². The Morgan fingerprint density at radius 3 is 3.00 bits per heavy atom. The second-order valence-corrected chi connectivity index (χ2v) is 7.98. The molecular formula is C21H23N3O3S. The summed E-state index contributed by atoms with van der Waals surface area (Å²) in [6.45, 7) is 1.99. The van der Waals surface area contributed by atoms with Gasteiger partial charge in [0.25, 0.3) is 0 Å². The molecule has 1 aliphatic rings. The Balaban J connectivity index is 1.38. The molecule has 1 atom stereocenters. The van der Waals surface area contributed by atoms with Crippen molar-refractivity contribution in [1.29, 1.82) is 0 Å². The van der Waals surface area contributed by atoms with E-state index in [1.807, 2.05) is 24.3 Å². The maximum Gasteiger partial charge on any atom is 0.225 e. The summed E-state index contributed by atoms with van der Waals surface area (Å²) in [6.07, 6.45) is 1.85. The van der Waals surface area contributed by atoms with Crippen LogP contribution in [0.2, 0.25) is 0 Å². The number of nitrogens with one attached hydrogen (secondary N) is 1. The third-order valence-electron chi connectivity index (χ3n) is 5.06. The summed E-state index contributed by atoms with van der Waals surface area (Å²) in [5.41, 5.74) is 1.85. The fourth-order valence-corrected chi connectivity index (χ4v) is 4.54. The number of piperidine rings is 1.